The van der Waals surface area contributed by atoms with E-state index in [1.165, 1.54) is 5.56 Å². The zero-order valence-electron chi connectivity index (χ0n) is 11.2. The Morgan fingerprint density at radius 1 is 1.33 bits per heavy atom. The monoisotopic (exact) mass is 245 g/mol. The van der Waals surface area contributed by atoms with Gasteiger partial charge in [-0.1, -0.05) is 12.1 Å². The topological polar surface area (TPSA) is 46.2 Å². The maximum atomic E-state index is 11.8. The Hall–Kier alpha value is -1.64. The van der Waals surface area contributed by atoms with Crippen LogP contribution in [0.3, 0.4) is 0 Å². The Morgan fingerprint density at radius 3 is 2.72 bits per heavy atom. The molecule has 1 aliphatic rings. The number of Topliss-reactive ketones (excluding diaryl/α,β-unsaturated/α-hetero) is 1. The number of rotatable bonds is 4. The summed E-state index contributed by atoms with van der Waals surface area (Å²) in [6.45, 7) is 5.50. The number of nitrogens with one attached hydrogen (secondary N) is 1. The number of anilines is 1. The molecule has 0 aliphatic carbocycles. The van der Waals surface area contributed by atoms with Crippen molar-refractivity contribution in [3.63, 3.8) is 0 Å². The first-order chi connectivity index (χ1) is 8.41. The van der Waals surface area contributed by atoms with E-state index in [1.54, 1.807) is 6.92 Å². The van der Waals surface area contributed by atoms with Crippen LogP contribution in [0.5, 0.6) is 0 Å². The Morgan fingerprint density at radius 2 is 2.06 bits per heavy atom. The first-order valence-electron chi connectivity index (χ1n) is 6.35. The summed E-state index contributed by atoms with van der Waals surface area (Å²) in [5.41, 5.74) is 2.72. The smallest absolute Gasteiger partial charge is 0.234 e. The van der Waals surface area contributed by atoms with E-state index in [0.29, 0.717) is 6.42 Å². The van der Waals surface area contributed by atoms with Gasteiger partial charge in [0.25, 0.3) is 0 Å². The lowest BCUT2D eigenvalue weighted by atomic mass is 9.85. The number of carbonyl (C=O) groups is 2. The van der Waals surface area contributed by atoms with Crippen LogP contribution in [-0.2, 0) is 21.4 Å². The molecule has 96 valence electrons. The van der Waals surface area contributed by atoms with E-state index in [9.17, 15) is 9.59 Å². The van der Waals surface area contributed by atoms with Gasteiger partial charge in [-0.2, -0.15) is 0 Å². The Labute approximate surface area is 108 Å². The zero-order valence-corrected chi connectivity index (χ0v) is 11.2. The minimum absolute atomic E-state index is 0.0541. The molecule has 1 amide bonds. The van der Waals surface area contributed by atoms with Crippen LogP contribution in [0.15, 0.2) is 18.2 Å². The minimum Gasteiger partial charge on any atom is -0.325 e. The zero-order chi connectivity index (χ0) is 13.3. The normalized spacial score (nSPS) is 16.3. The lowest BCUT2D eigenvalue weighted by Crippen LogP contribution is -2.26. The van der Waals surface area contributed by atoms with E-state index >= 15 is 0 Å². The van der Waals surface area contributed by atoms with Crippen LogP contribution in [0.2, 0.25) is 0 Å². The van der Waals surface area contributed by atoms with Gasteiger partial charge in [0.05, 0.1) is 5.41 Å². The van der Waals surface area contributed by atoms with Crippen molar-refractivity contribution in [1.29, 1.82) is 0 Å². The molecule has 0 atom stereocenters. The van der Waals surface area contributed by atoms with Crippen molar-refractivity contribution in [3.8, 4) is 0 Å². The first-order valence-corrected chi connectivity index (χ1v) is 6.35. The maximum absolute atomic E-state index is 11.8. The molecule has 0 bridgehead atoms. The molecular weight excluding hydrogens is 226 g/mol. The van der Waals surface area contributed by atoms with Crippen molar-refractivity contribution in [2.45, 2.75) is 45.4 Å². The molecule has 3 heteroatoms. The van der Waals surface area contributed by atoms with Gasteiger partial charge < -0.3 is 10.1 Å². The van der Waals surface area contributed by atoms with Crippen LogP contribution in [0.4, 0.5) is 5.69 Å². The number of aryl methyl sites for hydroxylation is 1. The van der Waals surface area contributed by atoms with E-state index in [1.807, 2.05) is 26.0 Å². The van der Waals surface area contributed by atoms with Crippen LogP contribution < -0.4 is 5.32 Å². The summed E-state index contributed by atoms with van der Waals surface area (Å²) < 4.78 is 0. The van der Waals surface area contributed by atoms with Crippen molar-refractivity contribution < 1.29 is 9.59 Å². The number of benzene rings is 1. The van der Waals surface area contributed by atoms with Crippen molar-refractivity contribution in [2.24, 2.45) is 0 Å². The van der Waals surface area contributed by atoms with E-state index in [-0.39, 0.29) is 11.7 Å². The number of amides is 1. The highest BCUT2D eigenvalue weighted by atomic mass is 16.2. The van der Waals surface area contributed by atoms with Gasteiger partial charge in [0.2, 0.25) is 5.91 Å². The van der Waals surface area contributed by atoms with Crippen LogP contribution in [0, 0.1) is 0 Å². The third kappa shape index (κ3) is 2.30. The second-order valence-electron chi connectivity index (χ2n) is 5.51. The van der Waals surface area contributed by atoms with Gasteiger partial charge in [0, 0.05) is 12.1 Å². The van der Waals surface area contributed by atoms with Gasteiger partial charge >= 0.3 is 0 Å². The van der Waals surface area contributed by atoms with Crippen LogP contribution >= 0.6 is 0 Å². The lowest BCUT2D eigenvalue weighted by Gasteiger charge is -2.15. The van der Waals surface area contributed by atoms with Crippen LogP contribution in [0.1, 0.15) is 44.7 Å². The molecule has 0 spiro atoms. The highest BCUT2D eigenvalue weighted by molar-refractivity contribution is 6.05. The van der Waals surface area contributed by atoms with Gasteiger partial charge in [-0.15, -0.1) is 0 Å². The molecule has 0 radical (unpaired) electrons. The van der Waals surface area contributed by atoms with Crippen molar-refractivity contribution >= 4 is 17.4 Å². The van der Waals surface area contributed by atoms with Crippen molar-refractivity contribution in [1.82, 2.24) is 0 Å². The molecule has 3 nitrogen and oxygen atoms in total. The number of fused-ring (bicyclic) bond motifs is 1. The van der Waals surface area contributed by atoms with E-state index in [4.69, 9.17) is 0 Å². The van der Waals surface area contributed by atoms with E-state index in [2.05, 4.69) is 11.4 Å². The summed E-state index contributed by atoms with van der Waals surface area (Å²) >= 11 is 0. The molecule has 1 heterocycles. The standard InChI is InChI=1S/C15H19NO2/c1-10(17)5-4-6-11-7-8-13-12(9-11)15(2,3)14(18)16-13/h7-9H,4-6H2,1-3H3,(H,16,18). The third-order valence-electron chi connectivity index (χ3n) is 3.57. The fourth-order valence-corrected chi connectivity index (χ4v) is 2.32. The van der Waals surface area contributed by atoms with Gasteiger partial charge in [-0.05, 0) is 50.8 Å². The summed E-state index contributed by atoms with van der Waals surface area (Å²) in [6.07, 6.45) is 2.38. The molecular formula is C15H19NO2. The predicted octanol–water partition coefficient (Wildman–Crippen LogP) is 2.83. The number of hydrogen-bond donors (Lipinski definition) is 1. The molecule has 0 fully saturated rings. The molecule has 0 aromatic heterocycles. The van der Waals surface area contributed by atoms with Crippen LogP contribution in [-0.4, -0.2) is 11.7 Å². The van der Waals surface area contributed by atoms with Crippen molar-refractivity contribution in [3.05, 3.63) is 29.3 Å². The van der Waals surface area contributed by atoms with E-state index < -0.39 is 5.41 Å². The van der Waals surface area contributed by atoms with Gasteiger partial charge in [0.1, 0.15) is 5.78 Å². The van der Waals surface area contributed by atoms with Crippen LogP contribution in [0.25, 0.3) is 0 Å². The largest absolute Gasteiger partial charge is 0.325 e. The lowest BCUT2D eigenvalue weighted by molar-refractivity contribution is -0.119. The molecule has 0 saturated heterocycles. The Kier molecular flexibility index (Phi) is 3.24. The molecule has 18 heavy (non-hydrogen) atoms. The predicted molar refractivity (Wildman–Crippen MR) is 71.7 cm³/mol. The number of carbonyl (C=O) groups excluding carboxylic acids is 2. The molecule has 0 saturated carbocycles. The highest BCUT2D eigenvalue weighted by Crippen LogP contribution is 2.37. The average molecular weight is 245 g/mol. The Balaban J connectivity index is 2.16. The summed E-state index contributed by atoms with van der Waals surface area (Å²) in [7, 11) is 0. The van der Waals surface area contributed by atoms with Gasteiger partial charge in [-0.25, -0.2) is 0 Å². The van der Waals surface area contributed by atoms with Gasteiger partial charge in [-0.3, -0.25) is 4.79 Å². The molecule has 1 aromatic rings. The summed E-state index contributed by atoms with van der Waals surface area (Å²) in [6, 6.07) is 6.08. The summed E-state index contributed by atoms with van der Waals surface area (Å²) in [4.78, 5) is 22.7. The molecule has 2 rings (SSSR count). The number of ketones is 1. The highest BCUT2D eigenvalue weighted by Gasteiger charge is 2.38. The second kappa shape index (κ2) is 4.56. The van der Waals surface area contributed by atoms with E-state index in [0.717, 1.165) is 24.1 Å². The fourth-order valence-electron chi connectivity index (χ4n) is 2.32. The van der Waals surface area contributed by atoms with Crippen molar-refractivity contribution in [2.75, 3.05) is 5.32 Å². The second-order valence-corrected chi connectivity index (χ2v) is 5.51. The summed E-state index contributed by atoms with van der Waals surface area (Å²) in [5, 5.41) is 2.90. The molecule has 1 aliphatic heterocycles. The maximum Gasteiger partial charge on any atom is 0.234 e. The molecule has 1 aromatic carbocycles. The average Bonchev–Trinajstić information content (AvgIpc) is 2.51. The van der Waals surface area contributed by atoms with Gasteiger partial charge in [0.15, 0.2) is 0 Å². The third-order valence-corrected chi connectivity index (χ3v) is 3.57. The first kappa shape index (κ1) is 12.8. The minimum atomic E-state index is -0.452. The summed E-state index contributed by atoms with van der Waals surface area (Å²) in [5.74, 6) is 0.284. The SMILES string of the molecule is CC(=O)CCCc1ccc2c(c1)C(C)(C)C(=O)N2. The fraction of sp³-hybridized carbons (Fsp3) is 0.467. The Bertz CT molecular complexity index is 503. The quantitative estimate of drug-likeness (QED) is 0.886. The molecule has 1 N–H and O–H groups in total. The molecule has 0 unspecified atom stereocenters. The number of hydrogen-bond acceptors (Lipinski definition) is 2.